The Morgan fingerprint density at radius 1 is 0.778 bits per heavy atom. The van der Waals surface area contributed by atoms with Gasteiger partial charge in [0, 0.05) is 61.4 Å². The van der Waals surface area contributed by atoms with Gasteiger partial charge in [0.1, 0.15) is 0 Å². The molecular formula is C21H26Cl2N4. The second kappa shape index (κ2) is 8.91. The minimum Gasteiger partial charge on any atom is -0.314 e. The first kappa shape index (κ1) is 19.2. The van der Waals surface area contributed by atoms with E-state index in [-0.39, 0.29) is 0 Å². The van der Waals surface area contributed by atoms with Crippen LogP contribution in [0.15, 0.2) is 48.5 Å². The molecule has 4 nitrogen and oxygen atoms in total. The third kappa shape index (κ3) is 4.65. The second-order valence-corrected chi connectivity index (χ2v) is 8.19. The highest BCUT2D eigenvalue weighted by molar-refractivity contribution is 6.30. The van der Waals surface area contributed by atoms with Gasteiger partial charge in [-0.25, -0.2) is 0 Å². The number of nitrogens with one attached hydrogen (secondary N) is 2. The molecule has 2 unspecified atom stereocenters. The summed E-state index contributed by atoms with van der Waals surface area (Å²) in [5.41, 5.74) is 2.56. The van der Waals surface area contributed by atoms with Crippen molar-refractivity contribution in [1.82, 2.24) is 20.4 Å². The van der Waals surface area contributed by atoms with E-state index in [1.54, 1.807) is 0 Å². The first-order chi connectivity index (χ1) is 13.2. The van der Waals surface area contributed by atoms with E-state index < -0.39 is 0 Å². The molecule has 0 radical (unpaired) electrons. The van der Waals surface area contributed by atoms with E-state index in [4.69, 9.17) is 23.2 Å². The number of rotatable bonds is 4. The third-order valence-corrected chi connectivity index (χ3v) is 6.01. The van der Waals surface area contributed by atoms with Crippen LogP contribution in [0.2, 0.25) is 10.0 Å². The fraction of sp³-hybridized carbons (Fsp3) is 0.429. The van der Waals surface area contributed by atoms with Crippen molar-refractivity contribution in [2.45, 2.75) is 12.1 Å². The fourth-order valence-electron chi connectivity index (χ4n) is 4.15. The first-order valence-electron chi connectivity index (χ1n) is 9.61. The Kier molecular flexibility index (Phi) is 6.33. The second-order valence-electron chi connectivity index (χ2n) is 7.32. The van der Waals surface area contributed by atoms with Gasteiger partial charge in [-0.2, -0.15) is 0 Å². The summed E-state index contributed by atoms with van der Waals surface area (Å²) in [6, 6.07) is 17.2. The van der Waals surface area contributed by atoms with Crippen molar-refractivity contribution >= 4 is 23.2 Å². The lowest BCUT2D eigenvalue weighted by Crippen LogP contribution is -2.54. The van der Waals surface area contributed by atoms with Crippen LogP contribution in [0.3, 0.4) is 0 Å². The number of hydrogen-bond donors (Lipinski definition) is 2. The van der Waals surface area contributed by atoms with E-state index in [0.717, 1.165) is 56.0 Å². The molecule has 2 aromatic carbocycles. The van der Waals surface area contributed by atoms with Gasteiger partial charge in [0.15, 0.2) is 0 Å². The molecule has 27 heavy (non-hydrogen) atoms. The van der Waals surface area contributed by atoms with Gasteiger partial charge in [-0.05, 0) is 35.4 Å². The topological polar surface area (TPSA) is 30.5 Å². The van der Waals surface area contributed by atoms with Crippen molar-refractivity contribution in [1.29, 1.82) is 0 Å². The summed E-state index contributed by atoms with van der Waals surface area (Å²) in [5, 5.41) is 8.68. The molecule has 0 aromatic heterocycles. The minimum atomic E-state index is 0.340. The largest absolute Gasteiger partial charge is 0.314 e. The molecule has 0 amide bonds. The molecule has 0 aliphatic carbocycles. The Morgan fingerprint density at radius 3 is 1.70 bits per heavy atom. The van der Waals surface area contributed by atoms with Gasteiger partial charge in [-0.1, -0.05) is 47.5 Å². The summed E-state index contributed by atoms with van der Waals surface area (Å²) in [5.74, 6) is 0. The van der Waals surface area contributed by atoms with Crippen molar-refractivity contribution in [3.05, 3.63) is 69.7 Å². The lowest BCUT2D eigenvalue weighted by atomic mass is 10.0. The zero-order valence-corrected chi connectivity index (χ0v) is 16.9. The van der Waals surface area contributed by atoms with Crippen LogP contribution < -0.4 is 10.6 Å². The maximum Gasteiger partial charge on any atom is 0.0519 e. The van der Waals surface area contributed by atoms with Crippen LogP contribution in [0.25, 0.3) is 0 Å². The van der Waals surface area contributed by atoms with E-state index in [1.807, 2.05) is 24.3 Å². The normalized spacial score (nSPS) is 24.8. The maximum absolute atomic E-state index is 6.25. The van der Waals surface area contributed by atoms with Gasteiger partial charge >= 0.3 is 0 Å². The lowest BCUT2D eigenvalue weighted by Gasteiger charge is -2.44. The van der Waals surface area contributed by atoms with Crippen LogP contribution >= 0.6 is 23.2 Å². The van der Waals surface area contributed by atoms with Crippen molar-refractivity contribution in [2.24, 2.45) is 0 Å². The average molecular weight is 405 g/mol. The Morgan fingerprint density at radius 2 is 1.26 bits per heavy atom. The standard InChI is InChI=1S/C21H26Cl2N4/c22-18-5-1-3-16(11-18)20-13-24-7-9-26(20)15-27-10-8-25-14-21(27)17-4-2-6-19(23)12-17/h1-6,11-12,20-21,24-25H,7-10,13-15H2. The Hall–Kier alpha value is -1.14. The predicted octanol–water partition coefficient (Wildman–Crippen LogP) is 3.54. The van der Waals surface area contributed by atoms with Crippen molar-refractivity contribution in [3.8, 4) is 0 Å². The van der Waals surface area contributed by atoms with E-state index in [2.05, 4.69) is 44.7 Å². The summed E-state index contributed by atoms with van der Waals surface area (Å²) in [6.45, 7) is 6.95. The smallest absolute Gasteiger partial charge is 0.0519 e. The fourth-order valence-corrected chi connectivity index (χ4v) is 4.55. The van der Waals surface area contributed by atoms with Crippen LogP contribution in [0.1, 0.15) is 23.2 Å². The molecule has 2 aliphatic rings. The Balaban J connectivity index is 1.54. The van der Waals surface area contributed by atoms with Crippen LogP contribution in [0.5, 0.6) is 0 Å². The number of nitrogens with zero attached hydrogens (tertiary/aromatic N) is 2. The summed E-state index contributed by atoms with van der Waals surface area (Å²) in [7, 11) is 0. The SMILES string of the molecule is Clc1cccc(C2CNCCN2CN2CCNCC2c2cccc(Cl)c2)c1. The van der Waals surface area contributed by atoms with Crippen molar-refractivity contribution in [2.75, 3.05) is 45.9 Å². The molecule has 2 saturated heterocycles. The number of hydrogen-bond acceptors (Lipinski definition) is 4. The molecule has 2 aromatic rings. The molecule has 2 atom stereocenters. The van der Waals surface area contributed by atoms with Crippen molar-refractivity contribution in [3.63, 3.8) is 0 Å². The van der Waals surface area contributed by atoms with Crippen LogP contribution in [-0.4, -0.2) is 55.7 Å². The molecule has 2 heterocycles. The lowest BCUT2D eigenvalue weighted by molar-refractivity contribution is 0.0376. The summed E-state index contributed by atoms with van der Waals surface area (Å²) in [4.78, 5) is 5.15. The Bertz CT molecular complexity index is 706. The van der Waals surface area contributed by atoms with E-state index in [0.29, 0.717) is 12.1 Å². The highest BCUT2D eigenvalue weighted by Crippen LogP contribution is 2.29. The predicted molar refractivity (Wildman–Crippen MR) is 112 cm³/mol. The molecule has 0 bridgehead atoms. The Labute approximate surface area is 171 Å². The van der Waals surface area contributed by atoms with Crippen LogP contribution in [0, 0.1) is 0 Å². The van der Waals surface area contributed by atoms with Gasteiger partial charge < -0.3 is 10.6 Å². The van der Waals surface area contributed by atoms with Gasteiger partial charge in [0.25, 0.3) is 0 Å². The quantitative estimate of drug-likeness (QED) is 0.815. The molecule has 4 rings (SSSR count). The monoisotopic (exact) mass is 404 g/mol. The summed E-state index contributed by atoms with van der Waals surface area (Å²) in [6.07, 6.45) is 0. The van der Waals surface area contributed by atoms with Gasteiger partial charge in [0.05, 0.1) is 6.67 Å². The van der Waals surface area contributed by atoms with Crippen molar-refractivity contribution < 1.29 is 0 Å². The van der Waals surface area contributed by atoms with Gasteiger partial charge in [-0.3, -0.25) is 9.80 Å². The molecular weight excluding hydrogens is 379 g/mol. The highest BCUT2D eigenvalue weighted by Gasteiger charge is 2.30. The number of piperazine rings is 2. The molecule has 0 saturated carbocycles. The number of halogens is 2. The molecule has 2 fully saturated rings. The van der Waals surface area contributed by atoms with E-state index >= 15 is 0 Å². The molecule has 144 valence electrons. The number of benzene rings is 2. The molecule has 2 aliphatic heterocycles. The molecule has 0 spiro atoms. The third-order valence-electron chi connectivity index (χ3n) is 5.54. The summed E-state index contributed by atoms with van der Waals surface area (Å²) < 4.78 is 0. The highest BCUT2D eigenvalue weighted by atomic mass is 35.5. The first-order valence-corrected chi connectivity index (χ1v) is 10.4. The minimum absolute atomic E-state index is 0.340. The van der Waals surface area contributed by atoms with Crippen LogP contribution in [-0.2, 0) is 0 Å². The van der Waals surface area contributed by atoms with E-state index in [1.165, 1.54) is 11.1 Å². The van der Waals surface area contributed by atoms with Gasteiger partial charge in [-0.15, -0.1) is 0 Å². The zero-order valence-electron chi connectivity index (χ0n) is 15.4. The molecule has 6 heteroatoms. The average Bonchev–Trinajstić information content (AvgIpc) is 2.69. The molecule has 2 N–H and O–H groups in total. The summed E-state index contributed by atoms with van der Waals surface area (Å²) >= 11 is 12.5. The zero-order chi connectivity index (χ0) is 18.6. The maximum atomic E-state index is 6.25. The van der Waals surface area contributed by atoms with E-state index in [9.17, 15) is 0 Å². The van der Waals surface area contributed by atoms with Gasteiger partial charge in [0.2, 0.25) is 0 Å². The van der Waals surface area contributed by atoms with Crippen LogP contribution in [0.4, 0.5) is 0 Å².